The monoisotopic (exact) mass is 262 g/mol. The topological polar surface area (TPSA) is 17.0 Å². The molecule has 1 aromatic carbocycles. The Bertz CT molecular complexity index is 553. The number of nitrogens with zero attached hydrogens (tertiary/aromatic N) is 1. The van der Waals surface area contributed by atoms with Gasteiger partial charge in [-0.1, -0.05) is 11.6 Å². The zero-order valence-corrected chi connectivity index (χ0v) is 11.5. The van der Waals surface area contributed by atoms with Crippen LogP contribution in [0.5, 0.6) is 0 Å². The van der Waals surface area contributed by atoms with Crippen molar-refractivity contribution in [3.8, 4) is 0 Å². The van der Waals surface area contributed by atoms with E-state index >= 15 is 0 Å². The molecule has 1 aromatic heterocycles. The van der Waals surface area contributed by atoms with Crippen molar-refractivity contribution in [3.05, 3.63) is 35.0 Å². The molecule has 3 heteroatoms. The Labute approximate surface area is 113 Å². The molecule has 0 radical (unpaired) electrons. The molecule has 3 rings (SSSR count). The summed E-state index contributed by atoms with van der Waals surface area (Å²) in [4.78, 5) is 0. The minimum atomic E-state index is 0.816. The molecule has 1 fully saturated rings. The summed E-state index contributed by atoms with van der Waals surface area (Å²) < 4.78 is 2.21. The van der Waals surface area contributed by atoms with Crippen molar-refractivity contribution in [1.29, 1.82) is 0 Å². The normalized spacial score (nSPS) is 17.4. The fourth-order valence-corrected chi connectivity index (χ4v) is 3.18. The molecular weight excluding hydrogens is 244 g/mol. The van der Waals surface area contributed by atoms with Gasteiger partial charge in [-0.2, -0.15) is 0 Å². The first-order valence-electron chi connectivity index (χ1n) is 6.68. The van der Waals surface area contributed by atoms with E-state index in [1.807, 2.05) is 6.07 Å². The highest BCUT2D eigenvalue weighted by atomic mass is 35.5. The van der Waals surface area contributed by atoms with E-state index in [1.165, 1.54) is 35.7 Å². The van der Waals surface area contributed by atoms with Crippen molar-refractivity contribution in [3.63, 3.8) is 0 Å². The van der Waals surface area contributed by atoms with Gasteiger partial charge in [0.15, 0.2) is 0 Å². The summed E-state index contributed by atoms with van der Waals surface area (Å²) in [6.45, 7) is 2.33. The van der Waals surface area contributed by atoms with E-state index < -0.39 is 0 Å². The van der Waals surface area contributed by atoms with Crippen LogP contribution in [0.1, 0.15) is 18.4 Å². The smallest absolute Gasteiger partial charge is 0.0481 e. The van der Waals surface area contributed by atoms with Gasteiger partial charge in [-0.25, -0.2) is 0 Å². The van der Waals surface area contributed by atoms with Gasteiger partial charge in [0.2, 0.25) is 0 Å². The van der Waals surface area contributed by atoms with Crippen LogP contribution in [0.15, 0.2) is 24.4 Å². The van der Waals surface area contributed by atoms with Crippen molar-refractivity contribution in [2.75, 3.05) is 13.1 Å². The van der Waals surface area contributed by atoms with Gasteiger partial charge in [0.05, 0.1) is 0 Å². The second-order valence-electron chi connectivity index (χ2n) is 5.32. The van der Waals surface area contributed by atoms with E-state index in [0.717, 1.165) is 24.0 Å². The Kier molecular flexibility index (Phi) is 3.31. The van der Waals surface area contributed by atoms with E-state index in [0.29, 0.717) is 0 Å². The zero-order valence-electron chi connectivity index (χ0n) is 10.7. The first-order chi connectivity index (χ1) is 8.74. The van der Waals surface area contributed by atoms with Crippen LogP contribution >= 0.6 is 11.6 Å². The molecule has 1 aliphatic heterocycles. The Balaban J connectivity index is 1.93. The molecule has 2 aromatic rings. The average molecular weight is 263 g/mol. The fraction of sp³-hybridized carbons (Fsp3) is 0.467. The highest BCUT2D eigenvalue weighted by Gasteiger charge is 2.16. The average Bonchev–Trinajstić information content (AvgIpc) is 2.67. The number of piperidine rings is 1. The summed E-state index contributed by atoms with van der Waals surface area (Å²) in [7, 11) is 2.11. The summed E-state index contributed by atoms with van der Waals surface area (Å²) in [5, 5.41) is 5.58. The molecular formula is C15H19ClN2. The second kappa shape index (κ2) is 4.94. The van der Waals surface area contributed by atoms with Gasteiger partial charge in [0.25, 0.3) is 0 Å². The van der Waals surface area contributed by atoms with Gasteiger partial charge < -0.3 is 9.88 Å². The summed E-state index contributed by atoms with van der Waals surface area (Å²) in [5.74, 6) is 0.816. The van der Waals surface area contributed by atoms with Crippen LogP contribution in [0.2, 0.25) is 5.02 Å². The number of rotatable bonds is 2. The van der Waals surface area contributed by atoms with Crippen LogP contribution in [-0.4, -0.2) is 17.7 Å². The highest BCUT2D eigenvalue weighted by Crippen LogP contribution is 2.28. The Morgan fingerprint density at radius 1 is 1.33 bits per heavy atom. The summed E-state index contributed by atoms with van der Waals surface area (Å²) in [5.41, 5.74) is 2.73. The molecule has 0 unspecified atom stereocenters. The van der Waals surface area contributed by atoms with Crippen molar-refractivity contribution in [1.82, 2.24) is 9.88 Å². The van der Waals surface area contributed by atoms with Crippen molar-refractivity contribution >= 4 is 22.5 Å². The van der Waals surface area contributed by atoms with Gasteiger partial charge in [0.1, 0.15) is 0 Å². The van der Waals surface area contributed by atoms with E-state index in [-0.39, 0.29) is 0 Å². The molecule has 18 heavy (non-hydrogen) atoms. The summed E-state index contributed by atoms with van der Waals surface area (Å²) in [6, 6.07) is 6.19. The van der Waals surface area contributed by atoms with Gasteiger partial charge in [-0.15, -0.1) is 0 Å². The highest BCUT2D eigenvalue weighted by molar-refractivity contribution is 6.31. The Morgan fingerprint density at radius 2 is 2.11 bits per heavy atom. The van der Waals surface area contributed by atoms with Crippen molar-refractivity contribution in [2.24, 2.45) is 13.0 Å². The predicted molar refractivity (Wildman–Crippen MR) is 77.2 cm³/mol. The lowest BCUT2D eigenvalue weighted by Gasteiger charge is -2.22. The number of fused-ring (bicyclic) bond motifs is 1. The molecule has 0 amide bonds. The third-order valence-electron chi connectivity index (χ3n) is 4.00. The molecule has 0 atom stereocenters. The van der Waals surface area contributed by atoms with E-state index in [9.17, 15) is 0 Å². The number of aromatic nitrogens is 1. The molecule has 1 N–H and O–H groups in total. The van der Waals surface area contributed by atoms with E-state index in [1.54, 1.807) is 0 Å². The van der Waals surface area contributed by atoms with E-state index in [2.05, 4.69) is 35.3 Å². The largest absolute Gasteiger partial charge is 0.350 e. The zero-order chi connectivity index (χ0) is 12.5. The molecule has 2 heterocycles. The van der Waals surface area contributed by atoms with Crippen molar-refractivity contribution in [2.45, 2.75) is 19.3 Å². The van der Waals surface area contributed by atoms with Crippen LogP contribution < -0.4 is 5.32 Å². The number of halogens is 1. The maximum Gasteiger partial charge on any atom is 0.0481 e. The number of aryl methyl sites for hydroxylation is 1. The molecule has 96 valence electrons. The Hall–Kier alpha value is -0.990. The molecule has 2 nitrogen and oxygen atoms in total. The molecule has 0 bridgehead atoms. The van der Waals surface area contributed by atoms with Gasteiger partial charge in [-0.3, -0.25) is 0 Å². The first-order valence-corrected chi connectivity index (χ1v) is 7.06. The lowest BCUT2D eigenvalue weighted by Crippen LogP contribution is -2.28. The lowest BCUT2D eigenvalue weighted by molar-refractivity contribution is 0.373. The van der Waals surface area contributed by atoms with Gasteiger partial charge >= 0.3 is 0 Å². The Morgan fingerprint density at radius 3 is 2.89 bits per heavy atom. The lowest BCUT2D eigenvalue weighted by atomic mass is 9.91. The third-order valence-corrected chi connectivity index (χ3v) is 4.24. The van der Waals surface area contributed by atoms with E-state index in [4.69, 9.17) is 11.6 Å². The number of nitrogens with one attached hydrogen (secondary N) is 1. The van der Waals surface area contributed by atoms with Crippen molar-refractivity contribution < 1.29 is 0 Å². The minimum absolute atomic E-state index is 0.816. The van der Waals surface area contributed by atoms with Crippen LogP contribution in [0, 0.1) is 5.92 Å². The summed E-state index contributed by atoms with van der Waals surface area (Å²) in [6.07, 6.45) is 6.02. The molecule has 0 spiro atoms. The second-order valence-corrected chi connectivity index (χ2v) is 5.76. The van der Waals surface area contributed by atoms with Crippen LogP contribution in [-0.2, 0) is 13.5 Å². The number of hydrogen-bond acceptors (Lipinski definition) is 1. The number of benzene rings is 1. The third kappa shape index (κ3) is 2.27. The minimum Gasteiger partial charge on any atom is -0.350 e. The molecule has 1 saturated heterocycles. The fourth-order valence-electron chi connectivity index (χ4n) is 3.01. The molecule has 0 aliphatic carbocycles. The van der Waals surface area contributed by atoms with Crippen LogP contribution in [0.25, 0.3) is 10.9 Å². The molecule has 1 aliphatic rings. The van der Waals surface area contributed by atoms with Gasteiger partial charge in [0, 0.05) is 29.2 Å². The molecule has 0 saturated carbocycles. The predicted octanol–water partition coefficient (Wildman–Crippen LogP) is 3.37. The van der Waals surface area contributed by atoms with Crippen LogP contribution in [0.4, 0.5) is 0 Å². The standard InChI is InChI=1S/C15H19ClN2/c1-18-10-12(8-11-4-6-17-7-5-11)14-9-13(16)2-3-15(14)18/h2-3,9-11,17H,4-8H2,1H3. The van der Waals surface area contributed by atoms with Gasteiger partial charge in [-0.05, 0) is 62.0 Å². The van der Waals surface area contributed by atoms with Crippen LogP contribution in [0.3, 0.4) is 0 Å². The maximum absolute atomic E-state index is 6.12. The maximum atomic E-state index is 6.12. The SMILES string of the molecule is Cn1cc(CC2CCNCC2)c2cc(Cl)ccc21. The summed E-state index contributed by atoms with van der Waals surface area (Å²) >= 11 is 6.12. The number of hydrogen-bond donors (Lipinski definition) is 1. The first kappa shape index (κ1) is 12.1. The quantitative estimate of drug-likeness (QED) is 0.878.